The van der Waals surface area contributed by atoms with Crippen LogP contribution >= 0.6 is 0 Å². The molecule has 0 fully saturated rings. The zero-order valence-electron chi connectivity index (χ0n) is 19.6. The van der Waals surface area contributed by atoms with Crippen molar-refractivity contribution in [1.29, 1.82) is 0 Å². The average molecular weight is 430 g/mol. The van der Waals surface area contributed by atoms with E-state index in [0.29, 0.717) is 23.2 Å². The van der Waals surface area contributed by atoms with Crippen molar-refractivity contribution in [3.63, 3.8) is 0 Å². The molecule has 1 amide bonds. The number of allylic oxidation sites excluding steroid dienone is 2. The summed E-state index contributed by atoms with van der Waals surface area (Å²) in [6.07, 6.45) is 5.26. The summed E-state index contributed by atoms with van der Waals surface area (Å²) in [5.74, 6) is 0. The molecule has 1 aliphatic heterocycles. The molecule has 0 bridgehead atoms. The van der Waals surface area contributed by atoms with Crippen molar-refractivity contribution in [2.24, 2.45) is 0 Å². The molecule has 1 aliphatic rings. The van der Waals surface area contributed by atoms with Crippen LogP contribution in [0.15, 0.2) is 54.8 Å². The third-order valence-electron chi connectivity index (χ3n) is 6.34. The van der Waals surface area contributed by atoms with Gasteiger partial charge in [0.05, 0.1) is 12.6 Å². The summed E-state index contributed by atoms with van der Waals surface area (Å²) in [5, 5.41) is 0. The maximum atomic E-state index is 13.0. The van der Waals surface area contributed by atoms with Crippen molar-refractivity contribution in [3.8, 4) is 0 Å². The van der Waals surface area contributed by atoms with Crippen molar-refractivity contribution in [3.05, 3.63) is 60.3 Å². The monoisotopic (exact) mass is 429 g/mol. The molecule has 1 aromatic rings. The molecule has 0 saturated heterocycles. The Hall–Kier alpha value is -1.85. The Morgan fingerprint density at radius 2 is 1.73 bits per heavy atom. The van der Waals surface area contributed by atoms with E-state index in [0.717, 1.165) is 24.1 Å². The first-order valence-corrected chi connectivity index (χ1v) is 13.3. The number of ether oxygens (including phenoxy) is 1. The molecule has 1 atom stereocenters. The van der Waals surface area contributed by atoms with Gasteiger partial charge in [-0.2, -0.15) is 0 Å². The van der Waals surface area contributed by atoms with E-state index in [-0.39, 0.29) is 18.7 Å². The number of carbonyl (C=O) groups excluding carboxylic acids is 1. The Labute approximate surface area is 184 Å². The Bertz CT molecular complexity index is 705. The summed E-state index contributed by atoms with van der Waals surface area (Å²) >= 11 is 0. The second-order valence-electron chi connectivity index (χ2n) is 9.10. The lowest BCUT2D eigenvalue weighted by atomic mass is 10.0. The highest BCUT2D eigenvalue weighted by atomic mass is 28.4. The smallest absolute Gasteiger partial charge is 0.414 e. The van der Waals surface area contributed by atoms with E-state index in [1.807, 2.05) is 30.3 Å². The summed E-state index contributed by atoms with van der Waals surface area (Å²) in [5.41, 5.74) is 3.32. The van der Waals surface area contributed by atoms with E-state index in [1.54, 1.807) is 11.0 Å². The van der Waals surface area contributed by atoms with Crippen LogP contribution in [0.3, 0.4) is 0 Å². The van der Waals surface area contributed by atoms with E-state index in [1.165, 1.54) is 0 Å². The topological polar surface area (TPSA) is 38.8 Å². The van der Waals surface area contributed by atoms with Crippen molar-refractivity contribution in [1.82, 2.24) is 4.90 Å². The van der Waals surface area contributed by atoms with E-state index < -0.39 is 8.32 Å². The standard InChI is InChI=1S/C25H39NO3Si/c1-8-23-15-12-16-24(18-29-30(19(2)3,20(4)5)21(6)7)26(23)25(27)28-17-22-13-10-9-11-14-22/h8-11,13-15,19-21,24H,1,12,16-18H2,2-7H3/t24-/m1/s1. The average Bonchev–Trinajstić information content (AvgIpc) is 2.72. The molecule has 0 aromatic heterocycles. The van der Waals surface area contributed by atoms with Gasteiger partial charge in [0.2, 0.25) is 0 Å². The molecule has 0 spiro atoms. The van der Waals surface area contributed by atoms with Gasteiger partial charge in [-0.1, -0.05) is 84.5 Å². The first-order chi connectivity index (χ1) is 14.2. The number of hydrogen-bond acceptors (Lipinski definition) is 3. The van der Waals surface area contributed by atoms with Crippen molar-refractivity contribution in [2.75, 3.05) is 6.61 Å². The molecule has 0 saturated carbocycles. The van der Waals surface area contributed by atoms with Crippen LogP contribution in [-0.4, -0.2) is 32.0 Å². The minimum absolute atomic E-state index is 0.0330. The second kappa shape index (κ2) is 11.0. The summed E-state index contributed by atoms with van der Waals surface area (Å²) in [4.78, 5) is 14.8. The Balaban J connectivity index is 2.17. The maximum absolute atomic E-state index is 13.0. The Kier molecular flexibility index (Phi) is 8.92. The third kappa shape index (κ3) is 5.44. The van der Waals surface area contributed by atoms with Crippen LogP contribution in [0, 0.1) is 0 Å². The van der Waals surface area contributed by atoms with Crippen molar-refractivity contribution in [2.45, 2.75) is 83.7 Å². The first kappa shape index (κ1) is 24.4. The largest absolute Gasteiger partial charge is 0.444 e. The van der Waals surface area contributed by atoms with Crippen LogP contribution in [0.4, 0.5) is 4.79 Å². The Morgan fingerprint density at radius 1 is 1.13 bits per heavy atom. The number of benzene rings is 1. The number of nitrogens with zero attached hydrogens (tertiary/aromatic N) is 1. The van der Waals surface area contributed by atoms with Gasteiger partial charge in [-0.25, -0.2) is 4.79 Å². The maximum Gasteiger partial charge on any atom is 0.414 e. The minimum Gasteiger partial charge on any atom is -0.444 e. The fourth-order valence-corrected chi connectivity index (χ4v) is 10.5. The zero-order chi connectivity index (χ0) is 22.3. The molecule has 0 aliphatic carbocycles. The molecule has 0 unspecified atom stereocenters. The van der Waals surface area contributed by atoms with E-state index in [2.05, 4.69) is 54.2 Å². The second-order valence-corrected chi connectivity index (χ2v) is 14.6. The molecule has 30 heavy (non-hydrogen) atoms. The number of rotatable bonds is 9. The predicted octanol–water partition coefficient (Wildman–Crippen LogP) is 7.05. The van der Waals surface area contributed by atoms with Crippen molar-refractivity contribution >= 4 is 14.4 Å². The van der Waals surface area contributed by atoms with Gasteiger partial charge in [-0.05, 0) is 41.1 Å². The fraction of sp³-hybridized carbons (Fsp3) is 0.560. The van der Waals surface area contributed by atoms with Crippen LogP contribution in [0.2, 0.25) is 16.6 Å². The molecule has 1 heterocycles. The summed E-state index contributed by atoms with van der Waals surface area (Å²) in [6.45, 7) is 18.4. The van der Waals surface area contributed by atoms with Crippen LogP contribution in [0.5, 0.6) is 0 Å². The number of carbonyl (C=O) groups is 1. The van der Waals surface area contributed by atoms with Crippen LogP contribution in [0.1, 0.15) is 59.9 Å². The highest BCUT2D eigenvalue weighted by Gasteiger charge is 2.46. The zero-order valence-corrected chi connectivity index (χ0v) is 20.6. The van der Waals surface area contributed by atoms with Gasteiger partial charge in [0.25, 0.3) is 0 Å². The van der Waals surface area contributed by atoms with Gasteiger partial charge in [-0.15, -0.1) is 0 Å². The van der Waals surface area contributed by atoms with E-state index >= 15 is 0 Å². The lowest BCUT2D eigenvalue weighted by Gasteiger charge is -2.44. The SMILES string of the molecule is C=CC1=CCC[C@H](CO[Si](C(C)C)(C(C)C)C(C)C)N1C(=O)OCc1ccccc1. The van der Waals surface area contributed by atoms with Crippen LogP contribution in [-0.2, 0) is 15.8 Å². The predicted molar refractivity (Wildman–Crippen MR) is 127 cm³/mol. The number of hydrogen-bond donors (Lipinski definition) is 0. The summed E-state index contributed by atoms with van der Waals surface area (Å²) in [7, 11) is -2.00. The fourth-order valence-electron chi connectivity index (χ4n) is 4.99. The van der Waals surface area contributed by atoms with Crippen LogP contribution < -0.4 is 0 Å². The molecule has 4 nitrogen and oxygen atoms in total. The normalized spacial score (nSPS) is 17.4. The van der Waals surface area contributed by atoms with E-state index in [4.69, 9.17) is 9.16 Å². The summed E-state index contributed by atoms with van der Waals surface area (Å²) in [6, 6.07) is 9.74. The van der Waals surface area contributed by atoms with Gasteiger partial charge < -0.3 is 9.16 Å². The van der Waals surface area contributed by atoms with Gasteiger partial charge >= 0.3 is 6.09 Å². The molecule has 166 valence electrons. The minimum atomic E-state index is -2.00. The quantitative estimate of drug-likeness (QED) is 0.395. The Morgan fingerprint density at radius 3 is 2.27 bits per heavy atom. The molecule has 5 heteroatoms. The summed E-state index contributed by atoms with van der Waals surface area (Å²) < 4.78 is 12.5. The molecular formula is C25H39NO3Si. The van der Waals surface area contributed by atoms with Gasteiger partial charge in [0, 0.05) is 5.70 Å². The highest BCUT2D eigenvalue weighted by Crippen LogP contribution is 2.42. The van der Waals surface area contributed by atoms with Gasteiger partial charge in [0.1, 0.15) is 6.61 Å². The van der Waals surface area contributed by atoms with Crippen molar-refractivity contribution < 1.29 is 14.0 Å². The molecular weight excluding hydrogens is 390 g/mol. The van der Waals surface area contributed by atoms with Gasteiger partial charge in [-0.3, -0.25) is 4.90 Å². The molecule has 1 aromatic carbocycles. The number of amides is 1. The van der Waals surface area contributed by atoms with E-state index in [9.17, 15) is 4.79 Å². The molecule has 0 N–H and O–H groups in total. The van der Waals surface area contributed by atoms with Crippen LogP contribution in [0.25, 0.3) is 0 Å². The lowest BCUT2D eigenvalue weighted by molar-refractivity contribution is 0.0766. The highest BCUT2D eigenvalue weighted by molar-refractivity contribution is 6.77. The first-order valence-electron chi connectivity index (χ1n) is 11.2. The molecule has 2 rings (SSSR count). The lowest BCUT2D eigenvalue weighted by Crippen LogP contribution is -2.52. The van der Waals surface area contributed by atoms with Gasteiger partial charge in [0.15, 0.2) is 8.32 Å². The third-order valence-corrected chi connectivity index (χ3v) is 12.4. The molecule has 0 radical (unpaired) electrons.